The number of fused-ring (bicyclic) bond motifs is 1. The van der Waals surface area contributed by atoms with Crippen molar-refractivity contribution < 1.29 is 0 Å². The summed E-state index contributed by atoms with van der Waals surface area (Å²) in [6.45, 7) is 2.18. The molecule has 0 saturated heterocycles. The molecule has 0 radical (unpaired) electrons. The summed E-state index contributed by atoms with van der Waals surface area (Å²) in [6, 6.07) is 6.28. The molecule has 3 nitrogen and oxygen atoms in total. The van der Waals surface area contributed by atoms with E-state index in [0.717, 1.165) is 29.6 Å². The molecule has 1 aromatic heterocycles. The molecule has 0 spiro atoms. The van der Waals surface area contributed by atoms with E-state index in [9.17, 15) is 0 Å². The highest BCUT2D eigenvalue weighted by atomic mass is 35.5. The van der Waals surface area contributed by atoms with Gasteiger partial charge in [0.15, 0.2) is 0 Å². The lowest BCUT2D eigenvalue weighted by Gasteiger charge is -2.14. The normalized spacial score (nSPS) is 10.8. The van der Waals surface area contributed by atoms with Gasteiger partial charge in [0.1, 0.15) is 5.82 Å². The van der Waals surface area contributed by atoms with Gasteiger partial charge in [0.25, 0.3) is 0 Å². The Bertz CT molecular complexity index is 537. The van der Waals surface area contributed by atoms with Crippen molar-refractivity contribution in [2.24, 2.45) is 0 Å². The molecular weight excluding hydrogens is 234 g/mol. The first-order valence-corrected chi connectivity index (χ1v) is 6.13. The Morgan fingerprint density at radius 2 is 2.00 bits per heavy atom. The Labute approximate surface area is 106 Å². The number of nitrogens with zero attached hydrogens (tertiary/aromatic N) is 3. The van der Waals surface area contributed by atoms with Gasteiger partial charge in [0, 0.05) is 19.5 Å². The number of benzene rings is 1. The second-order valence-corrected chi connectivity index (χ2v) is 4.65. The maximum absolute atomic E-state index is 5.92. The number of aryl methyl sites for hydroxylation is 1. The second-order valence-electron chi connectivity index (χ2n) is 4.31. The van der Waals surface area contributed by atoms with Gasteiger partial charge in [-0.2, -0.15) is 4.98 Å². The molecule has 1 aromatic carbocycles. The molecule has 90 valence electrons. The fourth-order valence-corrected chi connectivity index (χ4v) is 2.09. The minimum Gasteiger partial charge on any atom is -0.362 e. The number of aromatic nitrogens is 2. The van der Waals surface area contributed by atoms with Gasteiger partial charge >= 0.3 is 0 Å². The Balaban J connectivity index is 2.64. The third kappa shape index (κ3) is 2.50. The lowest BCUT2D eigenvalue weighted by molar-refractivity contribution is 0.923. The number of hydrogen-bond acceptors (Lipinski definition) is 3. The van der Waals surface area contributed by atoms with Crippen molar-refractivity contribution in [3.05, 3.63) is 29.0 Å². The standard InChI is InChI=1S/C13H16ClN3/c1-4-5-9-6-7-11-10(8-9)12(17(2)3)16-13(14)15-11/h6-8H,4-5H2,1-3H3. The van der Waals surface area contributed by atoms with Crippen LogP contribution in [0.4, 0.5) is 5.82 Å². The number of anilines is 1. The first-order chi connectivity index (χ1) is 8.11. The van der Waals surface area contributed by atoms with E-state index in [1.807, 2.05) is 25.1 Å². The van der Waals surface area contributed by atoms with Gasteiger partial charge in [-0.3, -0.25) is 0 Å². The van der Waals surface area contributed by atoms with Gasteiger partial charge < -0.3 is 4.90 Å². The summed E-state index contributed by atoms with van der Waals surface area (Å²) in [5.74, 6) is 0.873. The van der Waals surface area contributed by atoms with Crippen molar-refractivity contribution in [1.82, 2.24) is 9.97 Å². The van der Waals surface area contributed by atoms with E-state index in [2.05, 4.69) is 29.0 Å². The molecule has 0 unspecified atom stereocenters. The lowest BCUT2D eigenvalue weighted by Crippen LogP contribution is -2.12. The van der Waals surface area contributed by atoms with Gasteiger partial charge in [-0.15, -0.1) is 0 Å². The highest BCUT2D eigenvalue weighted by molar-refractivity contribution is 6.28. The zero-order chi connectivity index (χ0) is 12.4. The molecule has 0 saturated carbocycles. The van der Waals surface area contributed by atoms with Crippen LogP contribution in [0, 0.1) is 0 Å². The average Bonchev–Trinajstić information content (AvgIpc) is 2.28. The lowest BCUT2D eigenvalue weighted by atomic mass is 10.1. The third-order valence-corrected chi connectivity index (χ3v) is 2.84. The zero-order valence-corrected chi connectivity index (χ0v) is 11.1. The van der Waals surface area contributed by atoms with Crippen molar-refractivity contribution in [1.29, 1.82) is 0 Å². The molecule has 0 bridgehead atoms. The SMILES string of the molecule is CCCc1ccc2nc(Cl)nc(N(C)C)c2c1. The number of hydrogen-bond donors (Lipinski definition) is 0. The van der Waals surface area contributed by atoms with Gasteiger partial charge in [0.05, 0.1) is 5.52 Å². The topological polar surface area (TPSA) is 29.0 Å². The fraction of sp³-hybridized carbons (Fsp3) is 0.385. The Kier molecular flexibility index (Phi) is 3.48. The molecule has 0 aliphatic carbocycles. The van der Waals surface area contributed by atoms with Crippen LogP contribution < -0.4 is 4.90 Å². The van der Waals surface area contributed by atoms with E-state index in [1.54, 1.807) is 0 Å². The smallest absolute Gasteiger partial charge is 0.224 e. The van der Waals surface area contributed by atoms with Crippen molar-refractivity contribution >= 4 is 28.3 Å². The van der Waals surface area contributed by atoms with E-state index in [0.29, 0.717) is 5.28 Å². The Morgan fingerprint density at radius 3 is 2.65 bits per heavy atom. The van der Waals surface area contributed by atoms with Crippen molar-refractivity contribution in [3.8, 4) is 0 Å². The van der Waals surface area contributed by atoms with Crippen LogP contribution in [0.3, 0.4) is 0 Å². The molecule has 0 N–H and O–H groups in total. The molecule has 0 amide bonds. The predicted molar refractivity (Wildman–Crippen MR) is 72.9 cm³/mol. The molecule has 0 aliphatic rings. The Morgan fingerprint density at radius 1 is 1.24 bits per heavy atom. The Hall–Kier alpha value is -1.35. The monoisotopic (exact) mass is 249 g/mol. The summed E-state index contributed by atoms with van der Waals surface area (Å²) in [5, 5.41) is 1.36. The van der Waals surface area contributed by atoms with E-state index in [1.165, 1.54) is 5.56 Å². The molecule has 2 aromatic rings. The van der Waals surface area contributed by atoms with Crippen LogP contribution in [0.25, 0.3) is 10.9 Å². The van der Waals surface area contributed by atoms with E-state index in [4.69, 9.17) is 11.6 Å². The quantitative estimate of drug-likeness (QED) is 0.782. The summed E-state index contributed by atoms with van der Waals surface area (Å²) in [7, 11) is 3.93. The zero-order valence-electron chi connectivity index (χ0n) is 10.4. The van der Waals surface area contributed by atoms with Crippen LogP contribution in [-0.4, -0.2) is 24.1 Å². The molecule has 4 heteroatoms. The van der Waals surface area contributed by atoms with E-state index >= 15 is 0 Å². The average molecular weight is 250 g/mol. The summed E-state index contributed by atoms with van der Waals surface area (Å²) >= 11 is 5.92. The highest BCUT2D eigenvalue weighted by Gasteiger charge is 2.08. The molecule has 0 atom stereocenters. The molecular formula is C13H16ClN3. The first-order valence-electron chi connectivity index (χ1n) is 5.75. The van der Waals surface area contributed by atoms with Crippen LogP contribution in [0.2, 0.25) is 5.28 Å². The van der Waals surface area contributed by atoms with E-state index < -0.39 is 0 Å². The van der Waals surface area contributed by atoms with Gasteiger partial charge in [-0.1, -0.05) is 19.4 Å². The second kappa shape index (κ2) is 4.88. The van der Waals surface area contributed by atoms with Crippen LogP contribution in [0.15, 0.2) is 18.2 Å². The van der Waals surface area contributed by atoms with Gasteiger partial charge in [-0.25, -0.2) is 4.98 Å². The number of rotatable bonds is 3. The van der Waals surface area contributed by atoms with Crippen LogP contribution in [0.1, 0.15) is 18.9 Å². The van der Waals surface area contributed by atoms with Crippen LogP contribution >= 0.6 is 11.6 Å². The molecule has 0 aliphatic heterocycles. The summed E-state index contributed by atoms with van der Waals surface area (Å²) < 4.78 is 0. The fourth-order valence-electron chi connectivity index (χ4n) is 1.92. The van der Waals surface area contributed by atoms with Crippen molar-refractivity contribution in [3.63, 3.8) is 0 Å². The van der Waals surface area contributed by atoms with Gasteiger partial charge in [-0.05, 0) is 35.7 Å². The summed E-state index contributed by atoms with van der Waals surface area (Å²) in [6.07, 6.45) is 2.21. The van der Waals surface area contributed by atoms with Crippen molar-refractivity contribution in [2.45, 2.75) is 19.8 Å². The summed E-state index contributed by atoms with van der Waals surface area (Å²) in [5.41, 5.74) is 2.21. The first kappa shape index (κ1) is 12.1. The van der Waals surface area contributed by atoms with Crippen LogP contribution in [-0.2, 0) is 6.42 Å². The van der Waals surface area contributed by atoms with E-state index in [-0.39, 0.29) is 0 Å². The minimum absolute atomic E-state index is 0.296. The summed E-state index contributed by atoms with van der Waals surface area (Å²) in [4.78, 5) is 10.5. The van der Waals surface area contributed by atoms with Crippen LogP contribution in [0.5, 0.6) is 0 Å². The highest BCUT2D eigenvalue weighted by Crippen LogP contribution is 2.25. The molecule has 0 fully saturated rings. The molecule has 1 heterocycles. The van der Waals surface area contributed by atoms with Crippen molar-refractivity contribution in [2.75, 3.05) is 19.0 Å². The van der Waals surface area contributed by atoms with Gasteiger partial charge in [0.2, 0.25) is 5.28 Å². The molecule has 2 rings (SSSR count). The molecule has 17 heavy (non-hydrogen) atoms. The minimum atomic E-state index is 0.296. The number of halogens is 1. The predicted octanol–water partition coefficient (Wildman–Crippen LogP) is 3.30. The maximum Gasteiger partial charge on any atom is 0.224 e. The third-order valence-electron chi connectivity index (χ3n) is 2.68. The maximum atomic E-state index is 5.92. The largest absolute Gasteiger partial charge is 0.362 e.